The van der Waals surface area contributed by atoms with Crippen LogP contribution in [-0.2, 0) is 0 Å². The van der Waals surface area contributed by atoms with Crippen LogP contribution in [0.4, 0.5) is 22.0 Å². The smallest absolute Gasteiger partial charge is 0.251 e. The van der Waals surface area contributed by atoms with E-state index in [1.165, 1.54) is 6.07 Å². The van der Waals surface area contributed by atoms with Crippen molar-refractivity contribution < 1.29 is 22.0 Å². The Hall–Kier alpha value is -2.28. The Labute approximate surface area is 148 Å². The Morgan fingerprint density at radius 2 is 1.69 bits per heavy atom. The number of benzene rings is 1. The zero-order valence-corrected chi connectivity index (χ0v) is 13.9. The summed E-state index contributed by atoms with van der Waals surface area (Å²) in [5.41, 5.74) is 1.26. The predicted octanol–water partition coefficient (Wildman–Crippen LogP) is 4.91. The summed E-state index contributed by atoms with van der Waals surface area (Å²) in [5.74, 6) is -3.02. The van der Waals surface area contributed by atoms with E-state index in [-0.39, 0.29) is 17.8 Å². The second-order valence-electron chi connectivity index (χ2n) is 6.19. The van der Waals surface area contributed by atoms with Crippen LogP contribution in [0, 0.1) is 17.5 Å². The van der Waals surface area contributed by atoms with Crippen molar-refractivity contribution in [2.45, 2.75) is 19.3 Å². The van der Waals surface area contributed by atoms with Crippen LogP contribution in [0.1, 0.15) is 18.5 Å². The standard InChI is InChI=1S/C19H17F5N2/c20-13-9-15(21)19(16(22)10-13)17-3-1-2-14(25-17)8-12-4-6-26(7-5-12)11-18(23)24/h1-3,8-10,18H,4-7,11H2. The van der Waals surface area contributed by atoms with Gasteiger partial charge in [-0.05, 0) is 31.1 Å². The van der Waals surface area contributed by atoms with Gasteiger partial charge in [-0.15, -0.1) is 0 Å². The first-order valence-electron chi connectivity index (χ1n) is 8.24. The lowest BCUT2D eigenvalue weighted by molar-refractivity contribution is 0.0845. The van der Waals surface area contributed by atoms with Gasteiger partial charge in [-0.1, -0.05) is 11.6 Å². The molecule has 0 atom stereocenters. The van der Waals surface area contributed by atoms with Gasteiger partial charge in [-0.2, -0.15) is 0 Å². The van der Waals surface area contributed by atoms with Crippen molar-refractivity contribution in [3.05, 3.63) is 59.1 Å². The molecule has 7 heteroatoms. The third-order valence-electron chi connectivity index (χ3n) is 4.28. The predicted molar refractivity (Wildman–Crippen MR) is 89.2 cm³/mol. The van der Waals surface area contributed by atoms with Crippen molar-refractivity contribution in [3.8, 4) is 11.3 Å². The lowest BCUT2D eigenvalue weighted by atomic mass is 10.0. The number of hydrogen-bond donors (Lipinski definition) is 0. The quantitative estimate of drug-likeness (QED) is 0.713. The van der Waals surface area contributed by atoms with Gasteiger partial charge >= 0.3 is 0 Å². The third kappa shape index (κ3) is 4.46. The van der Waals surface area contributed by atoms with Crippen LogP contribution >= 0.6 is 0 Å². The maximum atomic E-state index is 13.9. The summed E-state index contributed by atoms with van der Waals surface area (Å²) in [4.78, 5) is 5.95. The average Bonchev–Trinajstić information content (AvgIpc) is 2.56. The van der Waals surface area contributed by atoms with Crippen LogP contribution < -0.4 is 0 Å². The minimum absolute atomic E-state index is 0.0736. The molecule has 138 valence electrons. The van der Waals surface area contributed by atoms with Gasteiger partial charge in [0, 0.05) is 25.2 Å². The van der Waals surface area contributed by atoms with Gasteiger partial charge in [0.15, 0.2) is 0 Å². The second kappa shape index (κ2) is 7.95. The summed E-state index contributed by atoms with van der Waals surface area (Å²) < 4.78 is 65.7. The van der Waals surface area contributed by atoms with Crippen LogP contribution in [0.15, 0.2) is 35.9 Å². The van der Waals surface area contributed by atoms with E-state index in [2.05, 4.69) is 4.98 Å². The van der Waals surface area contributed by atoms with E-state index in [1.54, 1.807) is 17.0 Å². The van der Waals surface area contributed by atoms with Crippen LogP contribution in [0.25, 0.3) is 17.3 Å². The normalized spacial score (nSPS) is 15.5. The Balaban J connectivity index is 1.79. The van der Waals surface area contributed by atoms with Gasteiger partial charge in [-0.25, -0.2) is 26.9 Å². The molecular formula is C19H17F5N2. The molecule has 1 aliphatic heterocycles. The van der Waals surface area contributed by atoms with Crippen molar-refractivity contribution in [2.24, 2.45) is 0 Å². The van der Waals surface area contributed by atoms with Crippen molar-refractivity contribution in [1.82, 2.24) is 9.88 Å². The maximum Gasteiger partial charge on any atom is 0.251 e. The van der Waals surface area contributed by atoms with Crippen molar-refractivity contribution in [1.29, 1.82) is 0 Å². The molecule has 1 aromatic carbocycles. The molecule has 0 amide bonds. The van der Waals surface area contributed by atoms with E-state index >= 15 is 0 Å². The highest BCUT2D eigenvalue weighted by Gasteiger charge is 2.18. The van der Waals surface area contributed by atoms with Crippen LogP contribution in [0.3, 0.4) is 0 Å². The second-order valence-corrected chi connectivity index (χ2v) is 6.19. The molecule has 0 spiro atoms. The summed E-state index contributed by atoms with van der Waals surface area (Å²) in [7, 11) is 0. The number of piperidine rings is 1. The van der Waals surface area contributed by atoms with Crippen molar-refractivity contribution in [3.63, 3.8) is 0 Å². The summed E-state index contributed by atoms with van der Waals surface area (Å²) >= 11 is 0. The fourth-order valence-corrected chi connectivity index (χ4v) is 3.03. The van der Waals surface area contributed by atoms with E-state index in [4.69, 9.17) is 0 Å². The zero-order chi connectivity index (χ0) is 18.7. The number of rotatable bonds is 4. The van der Waals surface area contributed by atoms with E-state index in [0.717, 1.165) is 5.57 Å². The highest BCUT2D eigenvalue weighted by Crippen LogP contribution is 2.26. The lowest BCUT2D eigenvalue weighted by Gasteiger charge is -2.27. The fourth-order valence-electron chi connectivity index (χ4n) is 3.03. The molecule has 1 aromatic heterocycles. The Bertz CT molecular complexity index is 786. The Morgan fingerprint density at radius 3 is 2.31 bits per heavy atom. The monoisotopic (exact) mass is 368 g/mol. The molecule has 1 aliphatic rings. The molecule has 2 heterocycles. The number of halogens is 5. The molecule has 2 aromatic rings. The van der Waals surface area contributed by atoms with Gasteiger partial charge in [0.1, 0.15) is 17.5 Å². The van der Waals surface area contributed by atoms with Gasteiger partial charge in [-0.3, -0.25) is 4.90 Å². The fraction of sp³-hybridized carbons (Fsp3) is 0.316. The molecule has 0 unspecified atom stereocenters. The van der Waals surface area contributed by atoms with Crippen LogP contribution in [0.5, 0.6) is 0 Å². The van der Waals surface area contributed by atoms with Gasteiger partial charge in [0.2, 0.25) is 0 Å². The largest absolute Gasteiger partial charge is 0.297 e. The van der Waals surface area contributed by atoms with Gasteiger partial charge < -0.3 is 0 Å². The number of pyridine rings is 1. The summed E-state index contributed by atoms with van der Waals surface area (Å²) in [6.07, 6.45) is 0.734. The first-order chi connectivity index (χ1) is 12.4. The maximum absolute atomic E-state index is 13.9. The van der Waals surface area contributed by atoms with Crippen molar-refractivity contribution >= 4 is 6.08 Å². The molecule has 0 aliphatic carbocycles. The number of likely N-dealkylation sites (tertiary alicyclic amines) is 1. The summed E-state index contributed by atoms with van der Waals surface area (Å²) in [6, 6.07) is 5.99. The Kier molecular flexibility index (Phi) is 5.66. The summed E-state index contributed by atoms with van der Waals surface area (Å²) in [5, 5.41) is 0. The van der Waals surface area contributed by atoms with E-state index in [9.17, 15) is 22.0 Å². The zero-order valence-electron chi connectivity index (χ0n) is 13.9. The number of nitrogens with zero attached hydrogens (tertiary/aromatic N) is 2. The molecule has 1 fully saturated rings. The number of hydrogen-bond acceptors (Lipinski definition) is 2. The van der Waals surface area contributed by atoms with Crippen LogP contribution in [0.2, 0.25) is 0 Å². The molecule has 1 saturated heterocycles. The first kappa shape index (κ1) is 18.5. The average molecular weight is 368 g/mol. The molecule has 0 bridgehead atoms. The molecule has 26 heavy (non-hydrogen) atoms. The topological polar surface area (TPSA) is 16.1 Å². The molecule has 0 N–H and O–H groups in total. The summed E-state index contributed by atoms with van der Waals surface area (Å²) in [6.45, 7) is 0.846. The number of alkyl halides is 2. The van der Waals surface area contributed by atoms with Gasteiger partial charge in [0.25, 0.3) is 6.43 Å². The molecule has 0 saturated carbocycles. The Morgan fingerprint density at radius 1 is 1.04 bits per heavy atom. The number of aromatic nitrogens is 1. The minimum Gasteiger partial charge on any atom is -0.297 e. The highest BCUT2D eigenvalue weighted by molar-refractivity contribution is 5.63. The molecular weight excluding hydrogens is 351 g/mol. The van der Waals surface area contributed by atoms with E-state index in [0.29, 0.717) is 43.8 Å². The van der Waals surface area contributed by atoms with E-state index in [1.807, 2.05) is 6.08 Å². The molecule has 3 rings (SSSR count). The molecule has 2 nitrogen and oxygen atoms in total. The third-order valence-corrected chi connectivity index (χ3v) is 4.28. The minimum atomic E-state index is -2.35. The highest BCUT2D eigenvalue weighted by atomic mass is 19.3. The van der Waals surface area contributed by atoms with Crippen molar-refractivity contribution in [2.75, 3.05) is 19.6 Å². The van der Waals surface area contributed by atoms with Gasteiger partial charge in [0.05, 0.1) is 23.5 Å². The lowest BCUT2D eigenvalue weighted by Crippen LogP contribution is -2.34. The van der Waals surface area contributed by atoms with Crippen LogP contribution in [-0.4, -0.2) is 35.9 Å². The van der Waals surface area contributed by atoms with E-state index < -0.39 is 23.9 Å². The molecule has 0 radical (unpaired) electrons. The first-order valence-corrected chi connectivity index (χ1v) is 8.24. The SMILES string of the molecule is Fc1cc(F)c(-c2cccc(C=C3CCN(CC(F)F)CC3)n2)c(F)c1.